The van der Waals surface area contributed by atoms with Gasteiger partial charge in [0, 0.05) is 12.1 Å². The average Bonchev–Trinajstić information content (AvgIpc) is 2.82. The van der Waals surface area contributed by atoms with Gasteiger partial charge in [-0.2, -0.15) is 10.1 Å². The second-order valence-corrected chi connectivity index (χ2v) is 6.12. The van der Waals surface area contributed by atoms with E-state index in [9.17, 15) is 0 Å². The summed E-state index contributed by atoms with van der Waals surface area (Å²) >= 11 is 0. The molecule has 5 heteroatoms. The van der Waals surface area contributed by atoms with Crippen LogP contribution in [0.2, 0.25) is 0 Å². The van der Waals surface area contributed by atoms with Gasteiger partial charge in [0.25, 0.3) is 0 Å². The van der Waals surface area contributed by atoms with Crippen molar-refractivity contribution in [2.75, 3.05) is 10.6 Å². The van der Waals surface area contributed by atoms with Gasteiger partial charge in [0.15, 0.2) is 5.82 Å². The van der Waals surface area contributed by atoms with Crippen LogP contribution in [0.15, 0.2) is 6.20 Å². The third-order valence-corrected chi connectivity index (χ3v) is 4.45. The quantitative estimate of drug-likeness (QED) is 0.825. The fraction of sp³-hybridized carbons (Fsp3) is 0.800. The van der Waals surface area contributed by atoms with Gasteiger partial charge in [-0.25, -0.2) is 0 Å². The first kappa shape index (κ1) is 13.6. The number of hydrogen-bond donors (Lipinski definition) is 2. The number of nitrogens with one attached hydrogen (secondary N) is 2. The molecule has 2 aliphatic carbocycles. The van der Waals surface area contributed by atoms with Crippen molar-refractivity contribution in [3.63, 3.8) is 0 Å². The highest BCUT2D eigenvalue weighted by Gasteiger charge is 2.17. The Hall–Kier alpha value is -1.39. The van der Waals surface area contributed by atoms with Gasteiger partial charge in [0.1, 0.15) is 0 Å². The number of hydrogen-bond acceptors (Lipinski definition) is 5. The van der Waals surface area contributed by atoms with Gasteiger partial charge in [-0.05, 0) is 25.7 Å². The standard InChI is InChI=1S/C15H25N5/c1-2-4-8-12(7-3-1)17-14-11-16-20-15(19-14)18-13-9-5-6-10-13/h11-13H,1-10H2,(H2,17,18,19,20). The zero-order valence-electron chi connectivity index (χ0n) is 12.1. The highest BCUT2D eigenvalue weighted by molar-refractivity contribution is 5.38. The van der Waals surface area contributed by atoms with E-state index in [1.165, 1.54) is 64.2 Å². The van der Waals surface area contributed by atoms with Crippen LogP contribution in [0.5, 0.6) is 0 Å². The van der Waals surface area contributed by atoms with Crippen LogP contribution in [-0.4, -0.2) is 27.3 Å². The topological polar surface area (TPSA) is 62.7 Å². The van der Waals surface area contributed by atoms with Gasteiger partial charge in [0.05, 0.1) is 6.20 Å². The van der Waals surface area contributed by atoms with Crippen LogP contribution in [0.3, 0.4) is 0 Å². The molecule has 0 bridgehead atoms. The van der Waals surface area contributed by atoms with Crippen LogP contribution in [0.25, 0.3) is 0 Å². The van der Waals surface area contributed by atoms with E-state index in [0.29, 0.717) is 18.0 Å². The summed E-state index contributed by atoms with van der Waals surface area (Å²) in [6, 6.07) is 1.08. The maximum absolute atomic E-state index is 4.57. The molecule has 1 aromatic rings. The van der Waals surface area contributed by atoms with Gasteiger partial charge in [0.2, 0.25) is 5.95 Å². The Balaban J connectivity index is 1.58. The number of aromatic nitrogens is 3. The fourth-order valence-corrected chi connectivity index (χ4v) is 3.32. The molecule has 0 atom stereocenters. The summed E-state index contributed by atoms with van der Waals surface area (Å²) in [5.74, 6) is 1.54. The molecule has 2 fully saturated rings. The van der Waals surface area contributed by atoms with E-state index in [4.69, 9.17) is 0 Å². The largest absolute Gasteiger partial charge is 0.366 e. The second-order valence-electron chi connectivity index (χ2n) is 6.12. The summed E-state index contributed by atoms with van der Waals surface area (Å²) in [7, 11) is 0. The average molecular weight is 275 g/mol. The maximum atomic E-state index is 4.57. The van der Waals surface area contributed by atoms with E-state index in [0.717, 1.165) is 5.82 Å². The summed E-state index contributed by atoms with van der Waals surface area (Å²) in [4.78, 5) is 4.57. The molecule has 20 heavy (non-hydrogen) atoms. The van der Waals surface area contributed by atoms with Crippen LogP contribution < -0.4 is 10.6 Å². The van der Waals surface area contributed by atoms with Crippen molar-refractivity contribution < 1.29 is 0 Å². The number of anilines is 2. The zero-order chi connectivity index (χ0) is 13.6. The summed E-state index contributed by atoms with van der Waals surface area (Å²) in [5.41, 5.74) is 0. The molecule has 0 amide bonds. The van der Waals surface area contributed by atoms with E-state index in [2.05, 4.69) is 25.8 Å². The first-order chi connectivity index (χ1) is 9.90. The van der Waals surface area contributed by atoms with Crippen LogP contribution in [-0.2, 0) is 0 Å². The fourth-order valence-electron chi connectivity index (χ4n) is 3.32. The van der Waals surface area contributed by atoms with Crippen molar-refractivity contribution in [1.82, 2.24) is 15.2 Å². The summed E-state index contributed by atoms with van der Waals surface area (Å²) in [5, 5.41) is 15.1. The molecule has 0 aliphatic heterocycles. The van der Waals surface area contributed by atoms with Gasteiger partial charge >= 0.3 is 0 Å². The molecule has 2 N–H and O–H groups in total. The smallest absolute Gasteiger partial charge is 0.244 e. The van der Waals surface area contributed by atoms with E-state index in [-0.39, 0.29) is 0 Å². The second kappa shape index (κ2) is 6.86. The van der Waals surface area contributed by atoms with Crippen LogP contribution in [0.4, 0.5) is 11.8 Å². The lowest BCUT2D eigenvalue weighted by atomic mass is 10.1. The normalized spacial score (nSPS) is 21.6. The van der Waals surface area contributed by atoms with Crippen molar-refractivity contribution in [2.24, 2.45) is 0 Å². The molecule has 2 aliphatic rings. The molecule has 0 unspecified atom stereocenters. The predicted octanol–water partition coefficient (Wildman–Crippen LogP) is 3.36. The van der Waals surface area contributed by atoms with Crippen molar-refractivity contribution >= 4 is 11.8 Å². The minimum absolute atomic E-state index is 0.532. The molecule has 2 saturated carbocycles. The molecule has 110 valence electrons. The first-order valence-corrected chi connectivity index (χ1v) is 8.13. The van der Waals surface area contributed by atoms with Crippen LogP contribution in [0.1, 0.15) is 64.2 Å². The Morgan fingerprint density at radius 1 is 0.800 bits per heavy atom. The maximum Gasteiger partial charge on any atom is 0.244 e. The summed E-state index contributed by atoms with van der Waals surface area (Å²) in [6.45, 7) is 0. The molecule has 1 heterocycles. The van der Waals surface area contributed by atoms with Crippen LogP contribution >= 0.6 is 0 Å². The number of rotatable bonds is 4. The zero-order valence-corrected chi connectivity index (χ0v) is 12.1. The Morgan fingerprint density at radius 2 is 1.40 bits per heavy atom. The van der Waals surface area contributed by atoms with Crippen molar-refractivity contribution in [2.45, 2.75) is 76.3 Å². The monoisotopic (exact) mass is 275 g/mol. The Bertz CT molecular complexity index is 408. The third-order valence-electron chi connectivity index (χ3n) is 4.45. The lowest BCUT2D eigenvalue weighted by Crippen LogP contribution is -2.21. The van der Waals surface area contributed by atoms with Gasteiger partial charge in [-0.1, -0.05) is 38.5 Å². The molecule has 0 radical (unpaired) electrons. The Morgan fingerprint density at radius 3 is 2.10 bits per heavy atom. The summed E-state index contributed by atoms with van der Waals surface area (Å²) in [6.07, 6.45) is 14.7. The van der Waals surface area contributed by atoms with Gasteiger partial charge in [-0.3, -0.25) is 0 Å². The minimum Gasteiger partial charge on any atom is -0.366 e. The highest BCUT2D eigenvalue weighted by atomic mass is 15.3. The first-order valence-electron chi connectivity index (χ1n) is 8.13. The lowest BCUT2D eigenvalue weighted by Gasteiger charge is -2.17. The minimum atomic E-state index is 0.532. The third kappa shape index (κ3) is 3.81. The molecule has 0 spiro atoms. The predicted molar refractivity (Wildman–Crippen MR) is 80.8 cm³/mol. The molecule has 0 saturated heterocycles. The van der Waals surface area contributed by atoms with E-state index in [1.54, 1.807) is 6.20 Å². The highest BCUT2D eigenvalue weighted by Crippen LogP contribution is 2.22. The molecule has 1 aromatic heterocycles. The van der Waals surface area contributed by atoms with Crippen molar-refractivity contribution in [3.8, 4) is 0 Å². The molecular formula is C15H25N5. The molecule has 0 aromatic carbocycles. The van der Waals surface area contributed by atoms with Crippen molar-refractivity contribution in [1.29, 1.82) is 0 Å². The van der Waals surface area contributed by atoms with Crippen molar-refractivity contribution in [3.05, 3.63) is 6.20 Å². The molecular weight excluding hydrogens is 250 g/mol. The molecule has 5 nitrogen and oxygen atoms in total. The van der Waals surface area contributed by atoms with Crippen LogP contribution in [0, 0.1) is 0 Å². The van der Waals surface area contributed by atoms with Gasteiger partial charge < -0.3 is 10.6 Å². The molecule has 3 rings (SSSR count). The van der Waals surface area contributed by atoms with E-state index in [1.807, 2.05) is 0 Å². The van der Waals surface area contributed by atoms with E-state index < -0.39 is 0 Å². The lowest BCUT2D eigenvalue weighted by molar-refractivity contribution is 0.616. The Labute approximate surface area is 121 Å². The number of nitrogens with zero attached hydrogens (tertiary/aromatic N) is 3. The van der Waals surface area contributed by atoms with E-state index >= 15 is 0 Å². The SMILES string of the molecule is c1nnc(NC2CCCC2)nc1NC1CCCCCC1. The summed E-state index contributed by atoms with van der Waals surface area (Å²) < 4.78 is 0. The Kier molecular flexibility index (Phi) is 4.66. The van der Waals surface area contributed by atoms with Gasteiger partial charge in [-0.15, -0.1) is 5.10 Å².